The Morgan fingerprint density at radius 3 is 2.47 bits per heavy atom. The van der Waals surface area contributed by atoms with E-state index in [4.69, 9.17) is 15.0 Å². The van der Waals surface area contributed by atoms with Crippen LogP contribution >= 0.6 is 0 Å². The fourth-order valence-corrected chi connectivity index (χ4v) is 5.41. The Kier molecular flexibility index (Phi) is 6.39. The molecule has 32 heavy (non-hydrogen) atoms. The lowest BCUT2D eigenvalue weighted by Crippen LogP contribution is -2.34. The summed E-state index contributed by atoms with van der Waals surface area (Å²) in [6.07, 6.45) is 10.1. The van der Waals surface area contributed by atoms with Crippen LogP contribution in [0.15, 0.2) is 30.3 Å². The second-order valence-corrected chi connectivity index (χ2v) is 9.62. The van der Waals surface area contributed by atoms with E-state index in [1.54, 1.807) is 0 Å². The zero-order valence-electron chi connectivity index (χ0n) is 19.6. The van der Waals surface area contributed by atoms with Crippen LogP contribution in [-0.2, 0) is 6.54 Å². The van der Waals surface area contributed by atoms with E-state index in [-0.39, 0.29) is 0 Å². The minimum atomic E-state index is 0.542. The van der Waals surface area contributed by atoms with Gasteiger partial charge in [-0.3, -0.25) is 0 Å². The molecule has 3 aromatic rings. The Morgan fingerprint density at radius 2 is 1.72 bits per heavy atom. The summed E-state index contributed by atoms with van der Waals surface area (Å²) in [6, 6.07) is 11.1. The predicted octanol–water partition coefficient (Wildman–Crippen LogP) is 4.96. The van der Waals surface area contributed by atoms with Gasteiger partial charge in [-0.15, -0.1) is 0 Å². The number of anilines is 1. The van der Waals surface area contributed by atoms with Gasteiger partial charge in [-0.1, -0.05) is 49.6 Å². The maximum absolute atomic E-state index is 5.12. The molecule has 1 saturated carbocycles. The van der Waals surface area contributed by atoms with Gasteiger partial charge < -0.3 is 14.8 Å². The summed E-state index contributed by atoms with van der Waals surface area (Å²) in [7, 11) is 2.17. The van der Waals surface area contributed by atoms with E-state index in [1.165, 1.54) is 51.4 Å². The van der Waals surface area contributed by atoms with Crippen LogP contribution in [0.3, 0.4) is 0 Å². The summed E-state index contributed by atoms with van der Waals surface area (Å²) in [5.74, 6) is 2.64. The predicted molar refractivity (Wildman–Crippen MR) is 131 cm³/mol. The molecule has 2 fully saturated rings. The van der Waals surface area contributed by atoms with E-state index in [0.717, 1.165) is 59.7 Å². The third-order valence-corrected chi connectivity index (χ3v) is 7.45. The number of imidazole rings is 1. The Hall–Kier alpha value is -2.47. The van der Waals surface area contributed by atoms with Gasteiger partial charge in [0.1, 0.15) is 11.3 Å². The summed E-state index contributed by atoms with van der Waals surface area (Å²) < 4.78 is 2.36. The third kappa shape index (κ3) is 4.38. The third-order valence-electron chi connectivity index (χ3n) is 7.45. The highest BCUT2D eigenvalue weighted by Gasteiger charge is 2.24. The summed E-state index contributed by atoms with van der Waals surface area (Å²) >= 11 is 0. The van der Waals surface area contributed by atoms with Crippen molar-refractivity contribution in [1.29, 1.82) is 0 Å². The lowest BCUT2D eigenvalue weighted by atomic mass is 9.94. The highest BCUT2D eigenvalue weighted by atomic mass is 15.3. The van der Waals surface area contributed by atoms with Gasteiger partial charge in [0.15, 0.2) is 5.65 Å². The van der Waals surface area contributed by atoms with Crippen LogP contribution in [0, 0.1) is 12.8 Å². The van der Waals surface area contributed by atoms with Crippen LogP contribution in [0.5, 0.6) is 0 Å². The molecule has 0 amide bonds. The monoisotopic (exact) mass is 432 g/mol. The van der Waals surface area contributed by atoms with Gasteiger partial charge in [0, 0.05) is 25.2 Å². The van der Waals surface area contributed by atoms with Crippen molar-refractivity contribution in [1.82, 2.24) is 24.8 Å². The van der Waals surface area contributed by atoms with Crippen LogP contribution in [0.1, 0.15) is 57.1 Å². The highest BCUT2D eigenvalue weighted by Crippen LogP contribution is 2.30. The van der Waals surface area contributed by atoms with E-state index in [0.29, 0.717) is 6.04 Å². The summed E-state index contributed by atoms with van der Waals surface area (Å²) in [5, 5.41) is 3.49. The number of nitrogens with one attached hydrogen (secondary N) is 1. The van der Waals surface area contributed by atoms with Gasteiger partial charge in [0.25, 0.3) is 0 Å². The maximum Gasteiger partial charge on any atom is 0.227 e. The Bertz CT molecular complexity index is 1030. The number of rotatable bonds is 6. The lowest BCUT2D eigenvalue weighted by molar-refractivity contribution is 0.339. The molecule has 1 aliphatic carbocycles. The van der Waals surface area contributed by atoms with Crippen molar-refractivity contribution in [2.24, 2.45) is 5.92 Å². The minimum Gasteiger partial charge on any atom is -0.341 e. The summed E-state index contributed by atoms with van der Waals surface area (Å²) in [5.41, 5.74) is 4.06. The number of benzene rings is 1. The van der Waals surface area contributed by atoms with E-state index in [2.05, 4.69) is 59.1 Å². The van der Waals surface area contributed by atoms with E-state index < -0.39 is 0 Å². The number of nitrogens with zero attached hydrogens (tertiary/aromatic N) is 5. The number of aryl methyl sites for hydroxylation is 2. The van der Waals surface area contributed by atoms with Gasteiger partial charge in [-0.2, -0.15) is 4.98 Å². The van der Waals surface area contributed by atoms with E-state index in [9.17, 15) is 0 Å². The number of hydrogen-bond donors (Lipinski definition) is 1. The molecule has 1 aliphatic heterocycles. The van der Waals surface area contributed by atoms with Gasteiger partial charge in [-0.05, 0) is 58.0 Å². The van der Waals surface area contributed by atoms with Crippen LogP contribution < -0.4 is 10.2 Å². The normalized spacial score (nSPS) is 18.3. The van der Waals surface area contributed by atoms with Crippen molar-refractivity contribution in [3.8, 4) is 11.4 Å². The molecular weight excluding hydrogens is 396 g/mol. The first kappa shape index (κ1) is 21.4. The summed E-state index contributed by atoms with van der Waals surface area (Å²) in [6.45, 7) is 5.31. The van der Waals surface area contributed by atoms with Crippen molar-refractivity contribution < 1.29 is 0 Å². The number of hydrogen-bond acceptors (Lipinski definition) is 5. The van der Waals surface area contributed by atoms with E-state index >= 15 is 0 Å². The molecule has 0 bridgehead atoms. The molecule has 170 valence electrons. The minimum absolute atomic E-state index is 0.542. The fraction of sp³-hybridized carbons (Fsp3) is 0.577. The average Bonchev–Trinajstić information content (AvgIpc) is 3.23. The first-order chi connectivity index (χ1) is 15.7. The molecule has 0 atom stereocenters. The highest BCUT2D eigenvalue weighted by molar-refractivity contribution is 5.80. The maximum atomic E-state index is 5.12. The van der Waals surface area contributed by atoms with Crippen LogP contribution in [-0.4, -0.2) is 45.7 Å². The molecule has 0 radical (unpaired) electrons. The van der Waals surface area contributed by atoms with Crippen LogP contribution in [0.25, 0.3) is 22.6 Å². The Labute approximate surface area is 191 Å². The van der Waals surface area contributed by atoms with Crippen molar-refractivity contribution in [2.75, 3.05) is 25.0 Å². The molecule has 3 heterocycles. The number of aromatic nitrogens is 4. The van der Waals surface area contributed by atoms with Gasteiger partial charge >= 0.3 is 0 Å². The van der Waals surface area contributed by atoms with Crippen molar-refractivity contribution in [3.05, 3.63) is 36.0 Å². The second-order valence-electron chi connectivity index (χ2n) is 9.62. The van der Waals surface area contributed by atoms with Gasteiger partial charge in [0.2, 0.25) is 5.95 Å². The zero-order chi connectivity index (χ0) is 21.9. The first-order valence-electron chi connectivity index (χ1n) is 12.4. The average molecular weight is 433 g/mol. The largest absolute Gasteiger partial charge is 0.341 e. The molecule has 0 spiro atoms. The topological polar surface area (TPSA) is 58.9 Å². The molecule has 1 saturated heterocycles. The molecule has 1 N–H and O–H groups in total. The van der Waals surface area contributed by atoms with Crippen LogP contribution in [0.2, 0.25) is 0 Å². The first-order valence-corrected chi connectivity index (χ1v) is 12.4. The Morgan fingerprint density at radius 1 is 0.969 bits per heavy atom. The fourth-order valence-electron chi connectivity index (χ4n) is 5.41. The van der Waals surface area contributed by atoms with E-state index in [1.807, 2.05) is 0 Å². The smallest absolute Gasteiger partial charge is 0.227 e. The van der Waals surface area contributed by atoms with Crippen molar-refractivity contribution in [3.63, 3.8) is 0 Å². The lowest BCUT2D eigenvalue weighted by Gasteiger charge is -2.31. The molecule has 1 aromatic carbocycles. The molecule has 5 rings (SSSR count). The standard InChI is InChI=1S/C26H36N6/c1-19-23-25(30-26(28-19)31(2)22-11-7-4-8-12-22)32(18-15-20-13-16-27-17-14-20)24(29-23)21-9-5-3-6-10-21/h3,5-6,9-10,20,22,27H,4,7-8,11-18H2,1-2H3. The quantitative estimate of drug-likeness (QED) is 0.597. The molecular formula is C26H36N6. The molecule has 2 aromatic heterocycles. The SMILES string of the molecule is Cc1nc(N(C)C2CCCCC2)nc2c1nc(-c1ccccc1)n2CCC1CCNCC1. The van der Waals surface area contributed by atoms with Gasteiger partial charge in [-0.25, -0.2) is 9.97 Å². The molecule has 2 aliphatic rings. The molecule has 6 heteroatoms. The van der Waals surface area contributed by atoms with Gasteiger partial charge in [0.05, 0.1) is 5.69 Å². The zero-order valence-corrected chi connectivity index (χ0v) is 19.6. The van der Waals surface area contributed by atoms with Crippen molar-refractivity contribution >= 4 is 17.1 Å². The summed E-state index contributed by atoms with van der Waals surface area (Å²) in [4.78, 5) is 17.4. The second kappa shape index (κ2) is 9.57. The number of fused-ring (bicyclic) bond motifs is 1. The molecule has 0 unspecified atom stereocenters. The molecule has 6 nitrogen and oxygen atoms in total. The van der Waals surface area contributed by atoms with Crippen LogP contribution in [0.4, 0.5) is 5.95 Å². The number of piperidine rings is 1. The van der Waals surface area contributed by atoms with Crippen molar-refractivity contribution in [2.45, 2.75) is 70.9 Å². The Balaban J connectivity index is 1.53.